The molecule has 2 nitrogen and oxygen atoms in total. The predicted octanol–water partition coefficient (Wildman–Crippen LogP) is 1.22. The number of rotatable bonds is 4. The molecule has 2 heteroatoms. The average Bonchev–Trinajstić information content (AvgIpc) is 2.18. The van der Waals surface area contributed by atoms with E-state index in [-0.39, 0.29) is 12.5 Å². The molecule has 1 aromatic rings. The van der Waals surface area contributed by atoms with Crippen LogP contribution in [0.2, 0.25) is 0 Å². The van der Waals surface area contributed by atoms with Crippen LogP contribution in [0.5, 0.6) is 0 Å². The molecule has 0 radical (unpaired) electrons. The summed E-state index contributed by atoms with van der Waals surface area (Å²) in [5.41, 5.74) is 1.20. The molecule has 0 fully saturated rings. The Morgan fingerprint density at radius 2 is 1.85 bits per heavy atom. The minimum absolute atomic E-state index is 0.104. The summed E-state index contributed by atoms with van der Waals surface area (Å²) in [4.78, 5) is 0. The van der Waals surface area contributed by atoms with Gasteiger partial charge in [-0.25, -0.2) is 0 Å². The predicted molar refractivity (Wildman–Crippen MR) is 52.4 cm³/mol. The maximum Gasteiger partial charge on any atom is 0.0799 e. The van der Waals surface area contributed by atoms with Gasteiger partial charge in [0.25, 0.3) is 0 Å². The molecule has 0 aliphatic carbocycles. The Labute approximate surface area is 78.8 Å². The summed E-state index contributed by atoms with van der Waals surface area (Å²) in [6.45, 7) is 1.78. The Hall–Kier alpha value is -0.860. The van der Waals surface area contributed by atoms with Crippen molar-refractivity contribution in [2.75, 3.05) is 6.61 Å². The first-order valence-corrected chi connectivity index (χ1v) is 4.57. The molecule has 13 heavy (non-hydrogen) atoms. The van der Waals surface area contributed by atoms with Crippen LogP contribution >= 0.6 is 0 Å². The quantitative estimate of drug-likeness (QED) is 0.731. The van der Waals surface area contributed by atoms with Crippen molar-refractivity contribution in [3.05, 3.63) is 35.9 Å². The van der Waals surface area contributed by atoms with Gasteiger partial charge in [-0.3, -0.25) is 0 Å². The van der Waals surface area contributed by atoms with Gasteiger partial charge in [0.15, 0.2) is 0 Å². The third kappa shape index (κ3) is 3.17. The van der Waals surface area contributed by atoms with E-state index in [1.54, 1.807) is 0 Å². The summed E-state index contributed by atoms with van der Waals surface area (Å²) in [5.74, 6) is 0.104. The second-order valence-corrected chi connectivity index (χ2v) is 3.42. The zero-order valence-corrected chi connectivity index (χ0v) is 7.85. The zero-order valence-electron chi connectivity index (χ0n) is 7.85. The van der Waals surface area contributed by atoms with Gasteiger partial charge in [0.05, 0.1) is 12.7 Å². The second kappa shape index (κ2) is 5.00. The fraction of sp³-hybridized carbons (Fsp3) is 0.455. The van der Waals surface area contributed by atoms with E-state index < -0.39 is 6.10 Å². The maximum absolute atomic E-state index is 9.34. The van der Waals surface area contributed by atoms with E-state index in [1.807, 2.05) is 37.3 Å². The van der Waals surface area contributed by atoms with Crippen molar-refractivity contribution in [3.63, 3.8) is 0 Å². The molecule has 1 rings (SSSR count). The molecule has 0 heterocycles. The Morgan fingerprint density at radius 1 is 1.23 bits per heavy atom. The van der Waals surface area contributed by atoms with Crippen LogP contribution in [-0.2, 0) is 6.42 Å². The van der Waals surface area contributed by atoms with Gasteiger partial charge < -0.3 is 10.2 Å². The van der Waals surface area contributed by atoms with E-state index >= 15 is 0 Å². The Kier molecular flexibility index (Phi) is 3.93. The number of hydrogen-bond donors (Lipinski definition) is 2. The molecule has 1 aromatic carbocycles. The minimum Gasteiger partial charge on any atom is -0.394 e. The lowest BCUT2D eigenvalue weighted by Gasteiger charge is -2.16. The van der Waals surface area contributed by atoms with Gasteiger partial charge in [0.1, 0.15) is 0 Å². The molecular weight excluding hydrogens is 164 g/mol. The topological polar surface area (TPSA) is 40.5 Å². The van der Waals surface area contributed by atoms with E-state index in [2.05, 4.69) is 0 Å². The fourth-order valence-corrected chi connectivity index (χ4v) is 1.30. The lowest BCUT2D eigenvalue weighted by Crippen LogP contribution is -2.23. The Bertz CT molecular complexity index is 233. The van der Waals surface area contributed by atoms with Crippen molar-refractivity contribution in [1.29, 1.82) is 0 Å². The van der Waals surface area contributed by atoms with Gasteiger partial charge in [0, 0.05) is 0 Å². The smallest absolute Gasteiger partial charge is 0.0799 e. The normalized spacial score (nSPS) is 15.3. The van der Waals surface area contributed by atoms with E-state index in [9.17, 15) is 5.11 Å². The minimum atomic E-state index is -0.611. The lowest BCUT2D eigenvalue weighted by molar-refractivity contribution is 0.0535. The summed E-state index contributed by atoms with van der Waals surface area (Å²) < 4.78 is 0. The molecule has 72 valence electrons. The third-order valence-electron chi connectivity index (χ3n) is 2.24. The zero-order chi connectivity index (χ0) is 9.68. The van der Waals surface area contributed by atoms with Crippen molar-refractivity contribution in [1.82, 2.24) is 0 Å². The van der Waals surface area contributed by atoms with E-state index in [0.29, 0.717) is 0 Å². The molecule has 0 bridgehead atoms. The molecule has 0 spiro atoms. The molecule has 0 saturated carbocycles. The summed E-state index contributed by atoms with van der Waals surface area (Å²) in [7, 11) is 0. The average molecular weight is 180 g/mol. The Balaban J connectivity index is 2.50. The molecule has 0 amide bonds. The molecule has 0 unspecified atom stereocenters. The van der Waals surface area contributed by atoms with Crippen LogP contribution in [0.1, 0.15) is 12.5 Å². The summed E-state index contributed by atoms with van der Waals surface area (Å²) in [6.07, 6.45) is 0.197. The van der Waals surface area contributed by atoms with Gasteiger partial charge in [-0.15, -0.1) is 0 Å². The largest absolute Gasteiger partial charge is 0.394 e. The number of aliphatic hydroxyl groups excluding tert-OH is 2. The highest BCUT2D eigenvalue weighted by molar-refractivity contribution is 5.15. The van der Waals surface area contributed by atoms with Crippen molar-refractivity contribution >= 4 is 0 Å². The first kappa shape index (κ1) is 10.2. The second-order valence-electron chi connectivity index (χ2n) is 3.42. The van der Waals surface area contributed by atoms with Gasteiger partial charge in [-0.2, -0.15) is 0 Å². The molecule has 0 aromatic heterocycles. The molecule has 0 aliphatic heterocycles. The van der Waals surface area contributed by atoms with Crippen molar-refractivity contribution in [2.24, 2.45) is 5.92 Å². The van der Waals surface area contributed by atoms with Crippen LogP contribution in [0.3, 0.4) is 0 Å². The van der Waals surface area contributed by atoms with Crippen LogP contribution in [0.4, 0.5) is 0 Å². The maximum atomic E-state index is 9.34. The van der Waals surface area contributed by atoms with Crippen LogP contribution in [0, 0.1) is 5.92 Å². The highest BCUT2D eigenvalue weighted by Gasteiger charge is 2.12. The number of benzene rings is 1. The van der Waals surface area contributed by atoms with Crippen LogP contribution < -0.4 is 0 Å². The highest BCUT2D eigenvalue weighted by atomic mass is 16.3. The monoisotopic (exact) mass is 180 g/mol. The standard InChI is InChI=1S/C11H16O2/c1-9(11(13)8-12)7-10-5-3-2-4-6-10/h2-6,9,11-13H,7-8H2,1H3/t9-,11+/m1/s1. The van der Waals surface area contributed by atoms with Crippen molar-refractivity contribution in [2.45, 2.75) is 19.4 Å². The van der Waals surface area contributed by atoms with E-state index in [4.69, 9.17) is 5.11 Å². The van der Waals surface area contributed by atoms with Gasteiger partial charge >= 0.3 is 0 Å². The van der Waals surface area contributed by atoms with E-state index in [1.165, 1.54) is 5.56 Å². The first-order chi connectivity index (χ1) is 6.24. The summed E-state index contributed by atoms with van der Waals surface area (Å²) in [5, 5.41) is 18.1. The van der Waals surface area contributed by atoms with Crippen molar-refractivity contribution < 1.29 is 10.2 Å². The van der Waals surface area contributed by atoms with Crippen LogP contribution in [0.25, 0.3) is 0 Å². The van der Waals surface area contributed by atoms with E-state index in [0.717, 1.165) is 6.42 Å². The van der Waals surface area contributed by atoms with Crippen LogP contribution in [0.15, 0.2) is 30.3 Å². The first-order valence-electron chi connectivity index (χ1n) is 4.57. The Morgan fingerprint density at radius 3 is 2.38 bits per heavy atom. The fourth-order valence-electron chi connectivity index (χ4n) is 1.30. The molecular formula is C11H16O2. The highest BCUT2D eigenvalue weighted by Crippen LogP contribution is 2.11. The van der Waals surface area contributed by atoms with Crippen LogP contribution in [-0.4, -0.2) is 22.9 Å². The van der Waals surface area contributed by atoms with Gasteiger partial charge in [-0.05, 0) is 17.9 Å². The number of hydrogen-bond acceptors (Lipinski definition) is 2. The summed E-state index contributed by atoms with van der Waals surface area (Å²) >= 11 is 0. The van der Waals surface area contributed by atoms with Gasteiger partial charge in [0.2, 0.25) is 0 Å². The lowest BCUT2D eigenvalue weighted by atomic mass is 9.96. The summed E-state index contributed by atoms with van der Waals surface area (Å²) in [6, 6.07) is 9.98. The molecule has 0 saturated heterocycles. The molecule has 2 atom stereocenters. The molecule has 0 aliphatic rings. The number of aliphatic hydroxyl groups is 2. The third-order valence-corrected chi connectivity index (χ3v) is 2.24. The van der Waals surface area contributed by atoms with Crippen molar-refractivity contribution in [3.8, 4) is 0 Å². The molecule has 2 N–H and O–H groups in total. The van der Waals surface area contributed by atoms with Gasteiger partial charge in [-0.1, -0.05) is 37.3 Å². The SMILES string of the molecule is C[C@H](Cc1ccccc1)[C@@H](O)CO.